The third kappa shape index (κ3) is 1.98. The Morgan fingerprint density at radius 2 is 2.70 bits per heavy atom. The van der Waals surface area contributed by atoms with Crippen LogP contribution < -0.4 is 5.32 Å². The number of nitrogens with zero attached hydrogens (tertiary/aromatic N) is 1. The van der Waals surface area contributed by atoms with Crippen LogP contribution in [0.2, 0.25) is 0 Å². The predicted octanol–water partition coefficient (Wildman–Crippen LogP) is 0.521. The maximum atomic E-state index is 12.3. The van der Waals surface area contributed by atoms with Gasteiger partial charge in [-0.1, -0.05) is 0 Å². The number of amidine groups is 1. The second kappa shape index (κ2) is 3.01. The molecule has 56 valence electrons. The summed E-state index contributed by atoms with van der Waals surface area (Å²) in [5, 5.41) is 2.80. The molecule has 10 heavy (non-hydrogen) atoms. The molecular formula is C5H7FN2OS. The van der Waals surface area contributed by atoms with Crippen LogP contribution in [-0.4, -0.2) is 23.1 Å². The highest BCUT2D eigenvalue weighted by Gasteiger charge is 2.18. The molecule has 1 rings (SSSR count). The maximum absolute atomic E-state index is 12.3. The highest BCUT2D eigenvalue weighted by atomic mass is 32.2. The van der Waals surface area contributed by atoms with Gasteiger partial charge in [0.15, 0.2) is 10.7 Å². The summed E-state index contributed by atoms with van der Waals surface area (Å²) >= 11 is 0.945. The van der Waals surface area contributed by atoms with E-state index >= 15 is 0 Å². The summed E-state index contributed by atoms with van der Waals surface area (Å²) < 4.78 is 12.3. The van der Waals surface area contributed by atoms with Gasteiger partial charge >= 0.3 is 0 Å². The summed E-state index contributed by atoms with van der Waals surface area (Å²) in [6, 6.07) is 0. The number of carbonyl (C=O) groups excluding carboxylic acids is 1. The van der Waals surface area contributed by atoms with Gasteiger partial charge in [0.25, 0.3) is 0 Å². The van der Waals surface area contributed by atoms with Crippen LogP contribution in [0.3, 0.4) is 0 Å². The lowest BCUT2D eigenvalue weighted by molar-refractivity contribution is -0.117. The lowest BCUT2D eigenvalue weighted by Gasteiger charge is -1.97. The molecule has 0 saturated heterocycles. The average molecular weight is 162 g/mol. The topological polar surface area (TPSA) is 41.5 Å². The number of amides is 1. The highest BCUT2D eigenvalue weighted by Crippen LogP contribution is 2.19. The van der Waals surface area contributed by atoms with Crippen molar-refractivity contribution in [1.29, 1.82) is 0 Å². The fraction of sp³-hybridized carbons (Fsp3) is 0.600. The molecular weight excluding hydrogens is 155 g/mol. The molecule has 0 aromatic heterocycles. The van der Waals surface area contributed by atoms with E-state index in [4.69, 9.17) is 0 Å². The van der Waals surface area contributed by atoms with E-state index in [0.717, 1.165) is 11.8 Å². The number of aliphatic imine (C=N–C) groups is 1. The summed E-state index contributed by atoms with van der Waals surface area (Å²) in [5.74, 6) is -0.208. The van der Waals surface area contributed by atoms with Crippen LogP contribution in [0.4, 0.5) is 4.39 Å². The van der Waals surface area contributed by atoms with Crippen molar-refractivity contribution in [3.05, 3.63) is 0 Å². The first kappa shape index (κ1) is 7.53. The van der Waals surface area contributed by atoms with Crippen LogP contribution in [0.5, 0.6) is 0 Å². The van der Waals surface area contributed by atoms with E-state index in [1.165, 1.54) is 6.92 Å². The van der Waals surface area contributed by atoms with Crippen molar-refractivity contribution in [3.63, 3.8) is 0 Å². The van der Waals surface area contributed by atoms with Crippen LogP contribution in [0.1, 0.15) is 6.92 Å². The molecule has 0 fully saturated rings. The second-order valence-corrected chi connectivity index (χ2v) is 2.99. The van der Waals surface area contributed by atoms with Gasteiger partial charge in [-0.15, -0.1) is 0 Å². The second-order valence-electron chi connectivity index (χ2n) is 1.85. The molecule has 0 saturated carbocycles. The van der Waals surface area contributed by atoms with Gasteiger partial charge in [0, 0.05) is 6.92 Å². The van der Waals surface area contributed by atoms with E-state index in [9.17, 15) is 9.18 Å². The first-order valence-corrected chi connectivity index (χ1v) is 3.69. The van der Waals surface area contributed by atoms with Gasteiger partial charge in [-0.05, 0) is 11.8 Å². The van der Waals surface area contributed by atoms with Crippen molar-refractivity contribution in [2.45, 2.75) is 12.4 Å². The van der Waals surface area contributed by atoms with Crippen LogP contribution >= 0.6 is 11.8 Å². The molecule has 3 nitrogen and oxygen atoms in total. The average Bonchev–Trinajstić information content (AvgIpc) is 2.13. The zero-order valence-electron chi connectivity index (χ0n) is 5.43. The predicted molar refractivity (Wildman–Crippen MR) is 38.6 cm³/mol. The van der Waals surface area contributed by atoms with Gasteiger partial charge in [0.2, 0.25) is 5.91 Å². The van der Waals surface area contributed by atoms with Crippen molar-refractivity contribution in [3.8, 4) is 0 Å². The van der Waals surface area contributed by atoms with Crippen molar-refractivity contribution in [1.82, 2.24) is 5.32 Å². The fourth-order valence-corrected chi connectivity index (χ4v) is 1.31. The molecule has 1 aliphatic heterocycles. The van der Waals surface area contributed by atoms with E-state index in [1.54, 1.807) is 0 Å². The zero-order chi connectivity index (χ0) is 7.56. The van der Waals surface area contributed by atoms with Gasteiger partial charge in [-0.3, -0.25) is 9.79 Å². The number of alkyl halides is 1. The number of thioether (sulfide) groups is 1. The standard InChI is InChI=1S/C5H7FN2OS/c1-3(9)8-5-7-2-4(6)10-5/h4H,2H2,1H3,(H,7,8,9). The monoisotopic (exact) mass is 162 g/mol. The van der Waals surface area contributed by atoms with Gasteiger partial charge < -0.3 is 5.32 Å². The van der Waals surface area contributed by atoms with Gasteiger partial charge in [-0.25, -0.2) is 4.39 Å². The smallest absolute Gasteiger partial charge is 0.222 e. The molecule has 0 aromatic carbocycles. The van der Waals surface area contributed by atoms with Crippen molar-refractivity contribution < 1.29 is 9.18 Å². The zero-order valence-corrected chi connectivity index (χ0v) is 6.24. The minimum atomic E-state index is -0.984. The number of hydrogen-bond acceptors (Lipinski definition) is 3. The van der Waals surface area contributed by atoms with E-state index in [-0.39, 0.29) is 12.5 Å². The van der Waals surface area contributed by atoms with Crippen molar-refractivity contribution in [2.75, 3.05) is 6.54 Å². The molecule has 0 radical (unpaired) electrons. The first-order valence-electron chi connectivity index (χ1n) is 2.81. The summed E-state index contributed by atoms with van der Waals surface area (Å²) in [6.07, 6.45) is 0. The lowest BCUT2D eigenvalue weighted by atomic mass is 10.7. The van der Waals surface area contributed by atoms with Gasteiger partial charge in [0.1, 0.15) is 0 Å². The quantitative estimate of drug-likeness (QED) is 0.564. The van der Waals surface area contributed by atoms with Crippen molar-refractivity contribution >= 4 is 22.8 Å². The van der Waals surface area contributed by atoms with Crippen LogP contribution in [-0.2, 0) is 4.79 Å². The Kier molecular flexibility index (Phi) is 2.26. The van der Waals surface area contributed by atoms with Crippen LogP contribution in [0, 0.1) is 0 Å². The molecule has 1 unspecified atom stereocenters. The van der Waals surface area contributed by atoms with E-state index < -0.39 is 5.50 Å². The van der Waals surface area contributed by atoms with E-state index in [0.29, 0.717) is 5.17 Å². The number of carbonyl (C=O) groups is 1. The third-order valence-corrected chi connectivity index (χ3v) is 1.76. The highest BCUT2D eigenvalue weighted by molar-refractivity contribution is 8.14. The number of nitrogens with one attached hydrogen (secondary N) is 1. The van der Waals surface area contributed by atoms with E-state index in [2.05, 4.69) is 10.3 Å². The minimum Gasteiger partial charge on any atom is -0.306 e. The maximum Gasteiger partial charge on any atom is 0.222 e. The Hall–Kier alpha value is -0.580. The number of hydrogen-bond donors (Lipinski definition) is 1. The number of rotatable bonds is 0. The summed E-state index contributed by atoms with van der Waals surface area (Å²) in [7, 11) is 0. The molecule has 0 spiro atoms. The Balaban J connectivity index is 2.37. The minimum absolute atomic E-state index is 0.153. The molecule has 0 bridgehead atoms. The van der Waals surface area contributed by atoms with Gasteiger partial charge in [0.05, 0.1) is 6.54 Å². The molecule has 1 N–H and O–H groups in total. The Bertz CT molecular complexity index is 182. The first-order chi connectivity index (χ1) is 4.68. The number of halogens is 1. The summed E-state index contributed by atoms with van der Waals surface area (Å²) in [5.41, 5.74) is -0.984. The summed E-state index contributed by atoms with van der Waals surface area (Å²) in [4.78, 5) is 14.1. The molecule has 0 aliphatic carbocycles. The van der Waals surface area contributed by atoms with Crippen molar-refractivity contribution in [2.24, 2.45) is 4.99 Å². The van der Waals surface area contributed by atoms with E-state index in [1.807, 2.05) is 0 Å². The Morgan fingerprint density at radius 3 is 3.10 bits per heavy atom. The molecule has 1 aliphatic rings. The molecule has 0 aromatic rings. The van der Waals surface area contributed by atoms with Crippen LogP contribution in [0.15, 0.2) is 4.99 Å². The molecule has 1 atom stereocenters. The van der Waals surface area contributed by atoms with Crippen LogP contribution in [0.25, 0.3) is 0 Å². The fourth-order valence-electron chi connectivity index (χ4n) is 0.570. The normalized spacial score (nSPS) is 24.2. The Morgan fingerprint density at radius 1 is 2.00 bits per heavy atom. The van der Waals surface area contributed by atoms with Gasteiger partial charge in [-0.2, -0.15) is 0 Å². The largest absolute Gasteiger partial charge is 0.306 e. The molecule has 5 heteroatoms. The molecule has 1 heterocycles. The summed E-state index contributed by atoms with van der Waals surface area (Å²) in [6.45, 7) is 1.52. The molecule has 1 amide bonds. The SMILES string of the molecule is CC(=O)NC1=NCC(F)S1. The third-order valence-electron chi connectivity index (χ3n) is 0.901. The Labute approximate surface area is 62.1 Å². The lowest BCUT2D eigenvalue weighted by Crippen LogP contribution is -2.24.